The monoisotopic (exact) mass is 370 g/mol. The topological polar surface area (TPSA) is 63.8 Å². The molecule has 4 aromatic rings. The average molecular weight is 371 g/mol. The Labute approximate surface area is 152 Å². The number of fused-ring (bicyclic) bond motifs is 1. The van der Waals surface area contributed by atoms with E-state index in [1.165, 1.54) is 17.4 Å². The van der Waals surface area contributed by atoms with Crippen LogP contribution in [0.1, 0.15) is 0 Å². The number of halogens is 2. The van der Waals surface area contributed by atoms with E-state index in [9.17, 15) is 4.39 Å². The molecule has 124 valence electrons. The smallest absolute Gasteiger partial charge is 0.180 e. The van der Waals surface area contributed by atoms with Crippen molar-refractivity contribution in [3.63, 3.8) is 0 Å². The first-order valence-corrected chi connectivity index (χ1v) is 8.68. The van der Waals surface area contributed by atoms with Crippen molar-refractivity contribution in [3.8, 4) is 11.3 Å². The van der Waals surface area contributed by atoms with Crippen molar-refractivity contribution in [1.29, 1.82) is 0 Å². The van der Waals surface area contributed by atoms with Crippen LogP contribution in [0.15, 0.2) is 54.0 Å². The Kier molecular flexibility index (Phi) is 3.99. The number of hydrogen-bond acceptors (Lipinski definition) is 5. The number of rotatable bonds is 3. The molecule has 2 heterocycles. The van der Waals surface area contributed by atoms with Crippen LogP contribution in [0.3, 0.4) is 0 Å². The summed E-state index contributed by atoms with van der Waals surface area (Å²) >= 11 is 7.25. The number of pyridine rings is 1. The molecule has 4 nitrogen and oxygen atoms in total. The molecule has 0 amide bonds. The van der Waals surface area contributed by atoms with Crippen LogP contribution in [-0.2, 0) is 0 Å². The van der Waals surface area contributed by atoms with Gasteiger partial charge in [0, 0.05) is 33.9 Å². The Balaban J connectivity index is 1.73. The maximum absolute atomic E-state index is 13.3. The molecule has 4 rings (SSSR count). The average Bonchev–Trinajstić information content (AvgIpc) is 3.04. The first-order valence-electron chi connectivity index (χ1n) is 7.42. The summed E-state index contributed by atoms with van der Waals surface area (Å²) in [6.07, 6.45) is 1.72. The summed E-state index contributed by atoms with van der Waals surface area (Å²) in [5.41, 5.74) is 9.87. The highest BCUT2D eigenvalue weighted by atomic mass is 35.5. The van der Waals surface area contributed by atoms with Gasteiger partial charge in [0.2, 0.25) is 0 Å². The second-order valence-corrected chi connectivity index (χ2v) is 6.71. The van der Waals surface area contributed by atoms with E-state index < -0.39 is 5.82 Å². The molecule has 0 atom stereocenters. The molecule has 2 aromatic carbocycles. The van der Waals surface area contributed by atoms with Gasteiger partial charge in [-0.15, -0.1) is 11.3 Å². The van der Waals surface area contributed by atoms with Crippen LogP contribution in [-0.4, -0.2) is 9.97 Å². The van der Waals surface area contributed by atoms with Crippen LogP contribution in [0.25, 0.3) is 22.2 Å². The van der Waals surface area contributed by atoms with Gasteiger partial charge >= 0.3 is 0 Å². The van der Waals surface area contributed by atoms with E-state index in [2.05, 4.69) is 15.3 Å². The lowest BCUT2D eigenvalue weighted by Gasteiger charge is -2.10. The van der Waals surface area contributed by atoms with Crippen molar-refractivity contribution >= 4 is 50.3 Å². The van der Waals surface area contributed by atoms with E-state index in [4.69, 9.17) is 17.3 Å². The standard InChI is InChI=1S/C18H12ClFN4S/c19-13-8-11(2-4-14(13)20)23-15-5-6-22-16-7-10(1-3-12(15)16)17-9-25-18(21)24-17/h1-9H,(H2,21,24)(H,22,23). The van der Waals surface area contributed by atoms with Gasteiger partial charge in [0.05, 0.1) is 16.2 Å². The Hall–Kier alpha value is -2.70. The lowest BCUT2D eigenvalue weighted by molar-refractivity contribution is 0.628. The van der Waals surface area contributed by atoms with Crippen molar-refractivity contribution in [1.82, 2.24) is 9.97 Å². The van der Waals surface area contributed by atoms with E-state index >= 15 is 0 Å². The number of nitrogens with two attached hydrogens (primary N) is 1. The van der Waals surface area contributed by atoms with Gasteiger partial charge in [0.25, 0.3) is 0 Å². The zero-order chi connectivity index (χ0) is 17.4. The lowest BCUT2D eigenvalue weighted by Crippen LogP contribution is -1.93. The molecule has 0 spiro atoms. The van der Waals surface area contributed by atoms with Gasteiger partial charge in [0.1, 0.15) is 5.82 Å². The minimum Gasteiger partial charge on any atom is -0.375 e. The fraction of sp³-hybridized carbons (Fsp3) is 0. The molecule has 0 saturated carbocycles. The Morgan fingerprint density at radius 1 is 1.12 bits per heavy atom. The van der Waals surface area contributed by atoms with E-state index in [0.29, 0.717) is 10.8 Å². The van der Waals surface area contributed by atoms with Crippen molar-refractivity contribution in [2.75, 3.05) is 11.1 Å². The third-order valence-corrected chi connectivity index (χ3v) is 4.72. The van der Waals surface area contributed by atoms with E-state index in [-0.39, 0.29) is 5.02 Å². The summed E-state index contributed by atoms with van der Waals surface area (Å²) in [6, 6.07) is 12.3. The highest BCUT2D eigenvalue weighted by Crippen LogP contribution is 2.31. The highest BCUT2D eigenvalue weighted by Gasteiger charge is 2.08. The van der Waals surface area contributed by atoms with E-state index in [0.717, 1.165) is 27.8 Å². The van der Waals surface area contributed by atoms with Crippen LogP contribution in [0.4, 0.5) is 20.9 Å². The quantitative estimate of drug-likeness (QED) is 0.501. The minimum absolute atomic E-state index is 0.0757. The highest BCUT2D eigenvalue weighted by molar-refractivity contribution is 7.13. The predicted molar refractivity (Wildman–Crippen MR) is 102 cm³/mol. The molecular weight excluding hydrogens is 359 g/mol. The zero-order valence-electron chi connectivity index (χ0n) is 12.8. The maximum Gasteiger partial charge on any atom is 0.180 e. The van der Waals surface area contributed by atoms with Crippen molar-refractivity contribution in [2.24, 2.45) is 0 Å². The fourth-order valence-electron chi connectivity index (χ4n) is 2.57. The molecule has 2 aromatic heterocycles. The Morgan fingerprint density at radius 2 is 2.00 bits per heavy atom. The van der Waals surface area contributed by atoms with Crippen molar-refractivity contribution in [3.05, 3.63) is 64.9 Å². The molecule has 3 N–H and O–H groups in total. The maximum atomic E-state index is 13.3. The molecule has 0 unspecified atom stereocenters. The van der Waals surface area contributed by atoms with E-state index in [1.807, 2.05) is 29.6 Å². The SMILES string of the molecule is Nc1nc(-c2ccc3c(Nc4ccc(F)c(Cl)c4)ccnc3c2)cs1. The third-order valence-electron chi connectivity index (χ3n) is 3.76. The Bertz CT molecular complexity index is 1080. The normalized spacial score (nSPS) is 11.0. The molecule has 25 heavy (non-hydrogen) atoms. The Morgan fingerprint density at radius 3 is 2.76 bits per heavy atom. The van der Waals surface area contributed by atoms with Gasteiger partial charge in [-0.25, -0.2) is 9.37 Å². The molecule has 0 fully saturated rings. The van der Waals surface area contributed by atoms with Crippen molar-refractivity contribution in [2.45, 2.75) is 0 Å². The largest absolute Gasteiger partial charge is 0.375 e. The molecule has 0 aliphatic carbocycles. The van der Waals surface area contributed by atoms with Gasteiger partial charge in [-0.3, -0.25) is 4.98 Å². The molecule has 0 bridgehead atoms. The second kappa shape index (κ2) is 6.31. The number of benzene rings is 2. The molecular formula is C18H12ClFN4S. The summed E-state index contributed by atoms with van der Waals surface area (Å²) in [6.45, 7) is 0. The van der Waals surface area contributed by atoms with Crippen molar-refractivity contribution < 1.29 is 4.39 Å². The number of nitrogens with zero attached hydrogens (tertiary/aromatic N) is 2. The zero-order valence-corrected chi connectivity index (χ0v) is 14.4. The van der Waals surface area contributed by atoms with Crippen LogP contribution in [0.5, 0.6) is 0 Å². The fourth-order valence-corrected chi connectivity index (χ4v) is 3.32. The van der Waals surface area contributed by atoms with Gasteiger partial charge in [-0.2, -0.15) is 0 Å². The minimum atomic E-state index is -0.445. The number of anilines is 3. The summed E-state index contributed by atoms with van der Waals surface area (Å²) in [4.78, 5) is 8.73. The van der Waals surface area contributed by atoms with Gasteiger partial charge in [-0.05, 0) is 30.3 Å². The van der Waals surface area contributed by atoms with Crippen LogP contribution < -0.4 is 11.1 Å². The summed E-state index contributed by atoms with van der Waals surface area (Å²) < 4.78 is 13.3. The number of hydrogen-bond donors (Lipinski definition) is 2. The van der Waals surface area contributed by atoms with Crippen LogP contribution in [0, 0.1) is 5.82 Å². The number of nitrogens with one attached hydrogen (secondary N) is 1. The summed E-state index contributed by atoms with van der Waals surface area (Å²) in [5, 5.41) is 6.72. The van der Waals surface area contributed by atoms with Gasteiger partial charge < -0.3 is 11.1 Å². The predicted octanol–water partition coefficient (Wildman–Crippen LogP) is 5.48. The molecule has 0 saturated heterocycles. The first kappa shape index (κ1) is 15.8. The van der Waals surface area contributed by atoms with E-state index in [1.54, 1.807) is 18.3 Å². The number of nitrogen functional groups attached to an aromatic ring is 1. The number of thiazole rings is 1. The van der Waals surface area contributed by atoms with Crippen LogP contribution >= 0.6 is 22.9 Å². The van der Waals surface area contributed by atoms with Gasteiger partial charge in [0.15, 0.2) is 5.13 Å². The number of aromatic nitrogens is 2. The second-order valence-electron chi connectivity index (χ2n) is 5.42. The summed E-state index contributed by atoms with van der Waals surface area (Å²) in [5.74, 6) is -0.445. The third kappa shape index (κ3) is 3.14. The van der Waals surface area contributed by atoms with Crippen LogP contribution in [0.2, 0.25) is 5.02 Å². The molecule has 0 aliphatic rings. The molecule has 7 heteroatoms. The summed E-state index contributed by atoms with van der Waals surface area (Å²) in [7, 11) is 0. The molecule has 0 aliphatic heterocycles. The molecule has 0 radical (unpaired) electrons. The van der Waals surface area contributed by atoms with Gasteiger partial charge in [-0.1, -0.05) is 23.7 Å². The first-order chi connectivity index (χ1) is 12.1. The lowest BCUT2D eigenvalue weighted by atomic mass is 10.1.